The smallest absolute Gasteiger partial charge is 0.266 e. The van der Waals surface area contributed by atoms with Crippen LogP contribution >= 0.6 is 39.9 Å². The molecule has 0 spiro atoms. The highest BCUT2D eigenvalue weighted by Crippen LogP contribution is 2.35. The summed E-state index contributed by atoms with van der Waals surface area (Å²) in [4.78, 5) is 15.0. The lowest BCUT2D eigenvalue weighted by molar-refractivity contribution is -0.122. The Morgan fingerprint density at radius 3 is 2.50 bits per heavy atom. The Balaban J connectivity index is 1.78. The predicted octanol–water partition coefficient (Wildman–Crippen LogP) is 4.87. The van der Waals surface area contributed by atoms with Crippen molar-refractivity contribution in [2.75, 3.05) is 14.2 Å². The van der Waals surface area contributed by atoms with Gasteiger partial charge in [-0.05, 0) is 57.4 Å². The van der Waals surface area contributed by atoms with Crippen LogP contribution in [0.15, 0.2) is 51.8 Å². The number of benzene rings is 2. The Morgan fingerprint density at radius 1 is 1.15 bits per heavy atom. The van der Waals surface area contributed by atoms with E-state index in [1.807, 2.05) is 48.5 Å². The van der Waals surface area contributed by atoms with E-state index in [-0.39, 0.29) is 5.91 Å². The average molecular weight is 450 g/mol. The molecule has 1 fully saturated rings. The lowest BCUT2D eigenvalue weighted by Gasteiger charge is -2.14. The third-order valence-corrected chi connectivity index (χ3v) is 5.84. The van der Waals surface area contributed by atoms with Crippen molar-refractivity contribution in [1.29, 1.82) is 0 Å². The molecule has 0 atom stereocenters. The maximum Gasteiger partial charge on any atom is 0.266 e. The second-order valence-electron chi connectivity index (χ2n) is 5.51. The summed E-state index contributed by atoms with van der Waals surface area (Å²) in [5, 5.41) is 0. The van der Waals surface area contributed by atoms with Gasteiger partial charge in [-0.3, -0.25) is 9.69 Å². The summed E-state index contributed by atoms with van der Waals surface area (Å²) in [5.41, 5.74) is 1.90. The van der Waals surface area contributed by atoms with Crippen LogP contribution in [0.2, 0.25) is 0 Å². The summed E-state index contributed by atoms with van der Waals surface area (Å²) in [5.74, 6) is 1.45. The quantitative estimate of drug-likeness (QED) is 0.480. The van der Waals surface area contributed by atoms with E-state index in [0.717, 1.165) is 27.1 Å². The van der Waals surface area contributed by atoms with Gasteiger partial charge in [0.15, 0.2) is 0 Å². The average Bonchev–Trinajstić information content (AvgIpc) is 2.90. The third kappa shape index (κ3) is 4.11. The van der Waals surface area contributed by atoms with Crippen molar-refractivity contribution in [2.45, 2.75) is 6.54 Å². The van der Waals surface area contributed by atoms with E-state index < -0.39 is 0 Å². The Bertz CT molecular complexity index is 881. The topological polar surface area (TPSA) is 38.8 Å². The number of thioether (sulfide) groups is 1. The number of hydrogen-bond donors (Lipinski definition) is 0. The van der Waals surface area contributed by atoms with Crippen LogP contribution in [-0.4, -0.2) is 29.3 Å². The zero-order chi connectivity index (χ0) is 18.7. The molecule has 1 saturated heterocycles. The molecule has 4 nitrogen and oxygen atoms in total. The minimum Gasteiger partial charge on any atom is -0.497 e. The van der Waals surface area contributed by atoms with Gasteiger partial charge < -0.3 is 9.47 Å². The van der Waals surface area contributed by atoms with E-state index in [9.17, 15) is 4.79 Å². The van der Waals surface area contributed by atoms with Crippen molar-refractivity contribution >= 4 is 56.2 Å². The molecule has 1 aliphatic heterocycles. The molecular weight excluding hydrogens is 434 g/mol. The van der Waals surface area contributed by atoms with Crippen LogP contribution in [0.4, 0.5) is 0 Å². The highest BCUT2D eigenvalue weighted by atomic mass is 79.9. The zero-order valence-corrected chi connectivity index (χ0v) is 17.4. The van der Waals surface area contributed by atoms with E-state index in [0.29, 0.717) is 15.8 Å². The van der Waals surface area contributed by atoms with Gasteiger partial charge in [0.1, 0.15) is 15.8 Å². The molecule has 7 heteroatoms. The first kappa shape index (κ1) is 18.9. The molecule has 1 amide bonds. The minimum atomic E-state index is -0.0808. The number of halogens is 1. The number of nitrogens with zero attached hydrogens (tertiary/aromatic N) is 1. The molecule has 0 radical (unpaired) electrons. The molecule has 2 aromatic rings. The molecule has 0 saturated carbocycles. The molecule has 26 heavy (non-hydrogen) atoms. The first-order chi connectivity index (χ1) is 12.5. The molecule has 0 N–H and O–H groups in total. The Hall–Kier alpha value is -1.83. The molecule has 0 aliphatic carbocycles. The number of hydrogen-bond acceptors (Lipinski definition) is 5. The molecule has 1 aliphatic rings. The number of carbonyl (C=O) groups excluding carboxylic acids is 1. The maximum atomic E-state index is 12.7. The van der Waals surface area contributed by atoms with Gasteiger partial charge >= 0.3 is 0 Å². The number of rotatable bonds is 5. The molecule has 3 rings (SSSR count). The molecule has 1 heterocycles. The summed E-state index contributed by atoms with van der Waals surface area (Å²) in [6.45, 7) is 0.443. The Kier molecular flexibility index (Phi) is 6.01. The fraction of sp³-hybridized carbons (Fsp3) is 0.158. The number of amides is 1. The second kappa shape index (κ2) is 8.24. The predicted molar refractivity (Wildman–Crippen MR) is 112 cm³/mol. The van der Waals surface area contributed by atoms with E-state index in [4.69, 9.17) is 21.7 Å². The largest absolute Gasteiger partial charge is 0.497 e. The summed E-state index contributed by atoms with van der Waals surface area (Å²) in [7, 11) is 3.24. The number of methoxy groups -OCH3 is 2. The van der Waals surface area contributed by atoms with Gasteiger partial charge in [-0.1, -0.05) is 42.2 Å². The van der Waals surface area contributed by atoms with Gasteiger partial charge in [0.05, 0.1) is 30.1 Å². The van der Waals surface area contributed by atoms with Crippen LogP contribution in [0.5, 0.6) is 11.5 Å². The van der Waals surface area contributed by atoms with Crippen LogP contribution in [0.1, 0.15) is 11.1 Å². The van der Waals surface area contributed by atoms with Crippen molar-refractivity contribution in [2.24, 2.45) is 0 Å². The van der Waals surface area contributed by atoms with Crippen LogP contribution in [0.25, 0.3) is 6.08 Å². The molecule has 0 bridgehead atoms. The van der Waals surface area contributed by atoms with E-state index >= 15 is 0 Å². The van der Waals surface area contributed by atoms with Gasteiger partial charge in [-0.15, -0.1) is 0 Å². The van der Waals surface area contributed by atoms with Gasteiger partial charge in [-0.25, -0.2) is 0 Å². The number of carbonyl (C=O) groups is 1. The lowest BCUT2D eigenvalue weighted by Crippen LogP contribution is -2.27. The molecule has 0 unspecified atom stereocenters. The van der Waals surface area contributed by atoms with Crippen LogP contribution in [-0.2, 0) is 11.3 Å². The molecule has 0 aromatic heterocycles. The normalized spacial score (nSPS) is 15.7. The number of ether oxygens (including phenoxy) is 2. The van der Waals surface area contributed by atoms with Gasteiger partial charge in [0.25, 0.3) is 5.91 Å². The first-order valence-corrected chi connectivity index (χ1v) is 9.75. The van der Waals surface area contributed by atoms with Crippen molar-refractivity contribution in [1.82, 2.24) is 4.90 Å². The monoisotopic (exact) mass is 449 g/mol. The minimum absolute atomic E-state index is 0.0808. The second-order valence-corrected chi connectivity index (χ2v) is 8.04. The molecular formula is C19H16BrNO3S2. The van der Waals surface area contributed by atoms with Crippen molar-refractivity contribution in [3.8, 4) is 11.5 Å². The van der Waals surface area contributed by atoms with Crippen LogP contribution < -0.4 is 9.47 Å². The number of thiocarbonyl (C=S) groups is 1. The highest BCUT2D eigenvalue weighted by molar-refractivity contribution is 9.10. The zero-order valence-electron chi connectivity index (χ0n) is 14.2. The van der Waals surface area contributed by atoms with Crippen molar-refractivity contribution in [3.05, 3.63) is 63.0 Å². The van der Waals surface area contributed by atoms with Crippen molar-refractivity contribution < 1.29 is 14.3 Å². The molecule has 2 aromatic carbocycles. The summed E-state index contributed by atoms with van der Waals surface area (Å²) < 4.78 is 11.8. The SMILES string of the molecule is COc1ccc(CN2C(=O)C(=Cc3ccc(OC)c(Br)c3)SC2=S)cc1. The molecule has 134 valence electrons. The highest BCUT2D eigenvalue weighted by Gasteiger charge is 2.32. The summed E-state index contributed by atoms with van der Waals surface area (Å²) >= 11 is 10.2. The standard InChI is InChI=1S/C19H16BrNO3S2/c1-23-14-6-3-12(4-7-14)11-21-18(22)17(26-19(21)25)10-13-5-8-16(24-2)15(20)9-13/h3-10H,11H2,1-2H3. The van der Waals surface area contributed by atoms with Gasteiger partial charge in [-0.2, -0.15) is 0 Å². The lowest BCUT2D eigenvalue weighted by atomic mass is 10.2. The maximum absolute atomic E-state index is 12.7. The fourth-order valence-corrected chi connectivity index (χ4v) is 4.29. The van der Waals surface area contributed by atoms with Crippen LogP contribution in [0, 0.1) is 0 Å². The Morgan fingerprint density at radius 2 is 1.88 bits per heavy atom. The fourth-order valence-electron chi connectivity index (χ4n) is 2.47. The first-order valence-electron chi connectivity index (χ1n) is 7.73. The third-order valence-electron chi connectivity index (χ3n) is 3.85. The van der Waals surface area contributed by atoms with E-state index in [1.165, 1.54) is 11.8 Å². The van der Waals surface area contributed by atoms with E-state index in [2.05, 4.69) is 15.9 Å². The van der Waals surface area contributed by atoms with Crippen LogP contribution in [0.3, 0.4) is 0 Å². The van der Waals surface area contributed by atoms with Gasteiger partial charge in [0.2, 0.25) is 0 Å². The van der Waals surface area contributed by atoms with E-state index in [1.54, 1.807) is 19.1 Å². The Labute approximate surface area is 170 Å². The summed E-state index contributed by atoms with van der Waals surface area (Å²) in [6, 6.07) is 13.3. The van der Waals surface area contributed by atoms with Crippen molar-refractivity contribution in [3.63, 3.8) is 0 Å². The van der Waals surface area contributed by atoms with Gasteiger partial charge in [0, 0.05) is 0 Å². The summed E-state index contributed by atoms with van der Waals surface area (Å²) in [6.07, 6.45) is 1.84.